The van der Waals surface area contributed by atoms with E-state index >= 15 is 0 Å². The number of nitrogens with zero attached hydrogens (tertiary/aromatic N) is 4. The smallest absolute Gasteiger partial charge is 0.324 e. The van der Waals surface area contributed by atoms with Gasteiger partial charge in [-0.15, -0.1) is 0 Å². The lowest BCUT2D eigenvalue weighted by molar-refractivity contribution is -0.137. The number of aryl methyl sites for hydroxylation is 2. The van der Waals surface area contributed by atoms with Crippen molar-refractivity contribution in [1.82, 2.24) is 19.7 Å². The van der Waals surface area contributed by atoms with Gasteiger partial charge in [0.25, 0.3) is 6.43 Å². The number of anilines is 2. The van der Waals surface area contributed by atoms with Crippen LogP contribution in [0.5, 0.6) is 0 Å². The lowest BCUT2D eigenvalue weighted by Gasteiger charge is -2.15. The number of hydrogen-bond acceptors (Lipinski definition) is 6. The topological polar surface area (TPSA) is 89.8 Å². The van der Waals surface area contributed by atoms with Crippen LogP contribution in [0.4, 0.5) is 33.6 Å². The van der Waals surface area contributed by atoms with E-state index in [-0.39, 0.29) is 16.6 Å². The predicted molar refractivity (Wildman–Crippen MR) is 106 cm³/mol. The van der Waals surface area contributed by atoms with Crippen LogP contribution < -0.4 is 5.32 Å². The molecule has 3 aromatic rings. The van der Waals surface area contributed by atoms with Crippen molar-refractivity contribution in [3.05, 3.63) is 47.4 Å². The molecule has 1 N–H and O–H groups in total. The van der Waals surface area contributed by atoms with Crippen molar-refractivity contribution in [2.75, 3.05) is 11.1 Å². The van der Waals surface area contributed by atoms with Crippen molar-refractivity contribution in [2.45, 2.75) is 31.3 Å². The number of nitrogens with one attached hydrogen (secondary N) is 1. The minimum Gasteiger partial charge on any atom is -0.324 e. The van der Waals surface area contributed by atoms with Crippen LogP contribution in [0.1, 0.15) is 30.2 Å². The van der Waals surface area contributed by atoms with Crippen molar-refractivity contribution >= 4 is 21.5 Å². The molecule has 2 heterocycles. The molecule has 0 radical (unpaired) electrons. The standard InChI is InChI=1S/C19H18F5N5O2S/c1-4-32(30,31)11-5-6-14(10(2)7-11)27-18-25-9-13(19(22,23)24)15(28-18)12-8-26-29(3)16(12)17(20)21/h5-9,17H,4H2,1-3H3,(H,25,27,28). The SMILES string of the molecule is CCS(=O)(=O)c1ccc(Nc2ncc(C(F)(F)F)c(-c3cnn(C)c3C(F)F)n2)c(C)c1. The first-order valence-corrected chi connectivity index (χ1v) is 10.9. The molecular formula is C19H18F5N5O2S. The molecule has 0 spiro atoms. The summed E-state index contributed by atoms with van der Waals surface area (Å²) in [6.07, 6.45) is -6.59. The van der Waals surface area contributed by atoms with E-state index in [9.17, 15) is 30.4 Å². The number of sulfone groups is 1. The molecule has 172 valence electrons. The van der Waals surface area contributed by atoms with Gasteiger partial charge in [0.15, 0.2) is 9.84 Å². The Balaban J connectivity index is 2.08. The average molecular weight is 475 g/mol. The number of benzene rings is 1. The molecule has 3 rings (SSSR count). The Kier molecular flexibility index (Phi) is 6.22. The molecule has 0 amide bonds. The summed E-state index contributed by atoms with van der Waals surface area (Å²) in [4.78, 5) is 7.60. The van der Waals surface area contributed by atoms with Crippen LogP contribution in [0, 0.1) is 6.92 Å². The van der Waals surface area contributed by atoms with Crippen molar-refractivity contribution in [2.24, 2.45) is 7.05 Å². The van der Waals surface area contributed by atoms with Gasteiger partial charge in [-0.1, -0.05) is 6.92 Å². The first kappa shape index (κ1) is 23.6. The molecule has 13 heteroatoms. The van der Waals surface area contributed by atoms with Gasteiger partial charge in [-0.05, 0) is 30.7 Å². The van der Waals surface area contributed by atoms with Gasteiger partial charge in [0.05, 0.1) is 22.5 Å². The maximum atomic E-state index is 13.5. The number of aromatic nitrogens is 4. The Bertz CT molecular complexity index is 1260. The molecule has 2 aromatic heterocycles. The zero-order valence-electron chi connectivity index (χ0n) is 17.1. The maximum Gasteiger partial charge on any atom is 0.419 e. The summed E-state index contributed by atoms with van der Waals surface area (Å²) in [5, 5.41) is 6.35. The predicted octanol–water partition coefficient (Wildman–Crippen LogP) is 4.68. The highest BCUT2D eigenvalue weighted by molar-refractivity contribution is 7.91. The molecule has 0 unspecified atom stereocenters. The fraction of sp³-hybridized carbons (Fsp3) is 0.316. The monoisotopic (exact) mass is 475 g/mol. The van der Waals surface area contributed by atoms with E-state index in [1.165, 1.54) is 32.2 Å². The van der Waals surface area contributed by atoms with Gasteiger partial charge < -0.3 is 5.32 Å². The zero-order valence-corrected chi connectivity index (χ0v) is 17.9. The van der Waals surface area contributed by atoms with Crippen LogP contribution in [0.25, 0.3) is 11.3 Å². The quantitative estimate of drug-likeness (QED) is 0.521. The summed E-state index contributed by atoms with van der Waals surface area (Å²) in [5.41, 5.74) is -2.42. The van der Waals surface area contributed by atoms with Gasteiger partial charge in [0.2, 0.25) is 5.95 Å². The second kappa shape index (κ2) is 8.45. The highest BCUT2D eigenvalue weighted by atomic mass is 32.2. The third kappa shape index (κ3) is 4.56. The largest absolute Gasteiger partial charge is 0.419 e. The molecule has 32 heavy (non-hydrogen) atoms. The molecule has 0 aliphatic heterocycles. The zero-order chi connectivity index (χ0) is 23.8. The lowest BCUT2D eigenvalue weighted by Crippen LogP contribution is -2.12. The molecule has 0 aliphatic carbocycles. The molecule has 0 saturated heterocycles. The fourth-order valence-corrected chi connectivity index (χ4v) is 3.97. The van der Waals surface area contributed by atoms with Gasteiger partial charge in [0.1, 0.15) is 11.3 Å². The van der Waals surface area contributed by atoms with E-state index in [0.717, 1.165) is 10.9 Å². The van der Waals surface area contributed by atoms with Crippen LogP contribution in [0.2, 0.25) is 0 Å². The first-order chi connectivity index (χ1) is 14.8. The molecule has 1 aromatic carbocycles. The Morgan fingerprint density at radius 3 is 2.44 bits per heavy atom. The third-order valence-corrected chi connectivity index (χ3v) is 6.46. The minimum absolute atomic E-state index is 0.0917. The molecule has 0 aliphatic rings. The second-order valence-electron chi connectivity index (χ2n) is 6.83. The van der Waals surface area contributed by atoms with Crippen molar-refractivity contribution in [1.29, 1.82) is 0 Å². The normalized spacial score (nSPS) is 12.4. The molecule has 0 atom stereocenters. The molecule has 0 bridgehead atoms. The summed E-state index contributed by atoms with van der Waals surface area (Å²) in [7, 11) is -2.26. The fourth-order valence-electron chi connectivity index (χ4n) is 3.00. The molecule has 7 nitrogen and oxygen atoms in total. The second-order valence-corrected chi connectivity index (χ2v) is 9.10. The van der Waals surface area contributed by atoms with Gasteiger partial charge in [-0.25, -0.2) is 27.2 Å². The van der Waals surface area contributed by atoms with Crippen LogP contribution in [0.15, 0.2) is 35.5 Å². The lowest BCUT2D eigenvalue weighted by atomic mass is 10.1. The summed E-state index contributed by atoms with van der Waals surface area (Å²) in [6.45, 7) is 3.10. The van der Waals surface area contributed by atoms with E-state index < -0.39 is 45.0 Å². The molecule has 0 saturated carbocycles. The Labute approximate surface area is 180 Å². The van der Waals surface area contributed by atoms with Crippen molar-refractivity contribution in [3.8, 4) is 11.3 Å². The maximum absolute atomic E-state index is 13.5. The number of halogens is 5. The average Bonchev–Trinajstić information content (AvgIpc) is 3.10. The van der Waals surface area contributed by atoms with Crippen LogP contribution in [-0.2, 0) is 23.1 Å². The van der Waals surface area contributed by atoms with Crippen molar-refractivity contribution in [3.63, 3.8) is 0 Å². The van der Waals surface area contributed by atoms with Crippen LogP contribution in [-0.4, -0.2) is 33.9 Å². The third-order valence-electron chi connectivity index (χ3n) is 4.72. The van der Waals surface area contributed by atoms with Crippen LogP contribution in [0.3, 0.4) is 0 Å². The van der Waals surface area contributed by atoms with E-state index in [1.54, 1.807) is 6.92 Å². The Morgan fingerprint density at radius 1 is 1.19 bits per heavy atom. The number of alkyl halides is 5. The van der Waals surface area contributed by atoms with Gasteiger partial charge >= 0.3 is 6.18 Å². The van der Waals surface area contributed by atoms with Gasteiger partial charge in [0, 0.05) is 24.5 Å². The molecule has 0 fully saturated rings. The summed E-state index contributed by atoms with van der Waals surface area (Å²) >= 11 is 0. The first-order valence-electron chi connectivity index (χ1n) is 9.20. The summed E-state index contributed by atoms with van der Waals surface area (Å²) in [6, 6.07) is 4.17. The van der Waals surface area contributed by atoms with Crippen molar-refractivity contribution < 1.29 is 30.4 Å². The summed E-state index contributed by atoms with van der Waals surface area (Å²) in [5.74, 6) is -0.381. The van der Waals surface area contributed by atoms with E-state index in [2.05, 4.69) is 20.4 Å². The van der Waals surface area contributed by atoms with Crippen LogP contribution >= 0.6 is 0 Å². The van der Waals surface area contributed by atoms with Gasteiger partial charge in [-0.3, -0.25) is 4.68 Å². The minimum atomic E-state index is -4.89. The van der Waals surface area contributed by atoms with E-state index in [4.69, 9.17) is 0 Å². The van der Waals surface area contributed by atoms with E-state index in [1.807, 2.05) is 0 Å². The molecular weight excluding hydrogens is 457 g/mol. The Hall–Kier alpha value is -3.09. The number of rotatable bonds is 6. The highest BCUT2D eigenvalue weighted by Gasteiger charge is 2.37. The summed E-state index contributed by atoms with van der Waals surface area (Å²) < 4.78 is 92.3. The number of hydrogen-bond donors (Lipinski definition) is 1. The van der Waals surface area contributed by atoms with Gasteiger partial charge in [-0.2, -0.15) is 18.3 Å². The highest BCUT2D eigenvalue weighted by Crippen LogP contribution is 2.39. The van der Waals surface area contributed by atoms with E-state index in [0.29, 0.717) is 17.4 Å². The Morgan fingerprint density at radius 2 is 1.88 bits per heavy atom.